The van der Waals surface area contributed by atoms with Gasteiger partial charge in [0, 0.05) is 54.8 Å². The Balaban J connectivity index is 1.68. The molecule has 1 amide bonds. The first-order valence-corrected chi connectivity index (χ1v) is 12.1. The predicted octanol–water partition coefficient (Wildman–Crippen LogP) is 3.96. The van der Waals surface area contributed by atoms with E-state index in [9.17, 15) is 14.3 Å². The van der Waals surface area contributed by atoms with Crippen molar-refractivity contribution >= 4 is 22.8 Å². The smallest absolute Gasteiger partial charge is 0.254 e. The fraction of sp³-hybridized carbons (Fsp3) is 0.333. The normalized spacial score (nSPS) is 18.5. The van der Waals surface area contributed by atoms with Crippen molar-refractivity contribution in [3.63, 3.8) is 0 Å². The molecule has 0 unspecified atom stereocenters. The van der Waals surface area contributed by atoms with Gasteiger partial charge >= 0.3 is 0 Å². The molecule has 1 aromatic carbocycles. The van der Waals surface area contributed by atoms with Crippen LogP contribution in [0.25, 0.3) is 28.0 Å². The van der Waals surface area contributed by atoms with Crippen LogP contribution in [0.1, 0.15) is 27.7 Å². The lowest BCUT2D eigenvalue weighted by Gasteiger charge is -2.46. The lowest BCUT2D eigenvalue weighted by Crippen LogP contribution is -2.61. The topological polar surface area (TPSA) is 87.4 Å². The van der Waals surface area contributed by atoms with E-state index < -0.39 is 17.2 Å². The van der Waals surface area contributed by atoms with Crippen molar-refractivity contribution in [3.05, 3.63) is 66.8 Å². The Kier molecular flexibility index (Phi) is 6.15. The Morgan fingerprint density at radius 2 is 1.78 bits per heavy atom. The first-order chi connectivity index (χ1) is 17.6. The molecule has 4 aromatic rings. The molecule has 1 saturated heterocycles. The van der Waals surface area contributed by atoms with E-state index in [-0.39, 0.29) is 18.0 Å². The standard InChI is InChI=1S/C27H28F2N6O2/c1-16-13-34(26(36)27(3,4)37)17(2)12-33(16)24-23-20(19-7-5-6-8-21(19)29)14-35(25(23)32-15-31-24)22-11-18(28)9-10-30-22/h5-11,14-17,37H,12-13H2,1-4H3/t16-,17+/m0/s1. The monoisotopic (exact) mass is 506 g/mol. The van der Waals surface area contributed by atoms with Crippen LogP contribution >= 0.6 is 0 Å². The van der Waals surface area contributed by atoms with Crippen LogP contribution in [-0.2, 0) is 4.79 Å². The summed E-state index contributed by atoms with van der Waals surface area (Å²) in [6.07, 6.45) is 4.49. The summed E-state index contributed by atoms with van der Waals surface area (Å²) in [6, 6.07) is 8.59. The van der Waals surface area contributed by atoms with Gasteiger partial charge in [-0.1, -0.05) is 18.2 Å². The number of aromatic nitrogens is 4. The molecule has 2 atom stereocenters. The van der Waals surface area contributed by atoms with Gasteiger partial charge in [-0.05, 0) is 39.8 Å². The van der Waals surface area contributed by atoms with E-state index in [1.54, 1.807) is 33.9 Å². The van der Waals surface area contributed by atoms with Crippen LogP contribution in [0.3, 0.4) is 0 Å². The maximum absolute atomic E-state index is 15.0. The predicted molar refractivity (Wildman–Crippen MR) is 136 cm³/mol. The van der Waals surface area contributed by atoms with Gasteiger partial charge in [0.2, 0.25) is 0 Å². The summed E-state index contributed by atoms with van der Waals surface area (Å²) in [5.41, 5.74) is -0.123. The van der Waals surface area contributed by atoms with E-state index in [4.69, 9.17) is 0 Å². The highest BCUT2D eigenvalue weighted by Gasteiger charge is 2.39. The van der Waals surface area contributed by atoms with Crippen molar-refractivity contribution in [2.45, 2.75) is 45.4 Å². The van der Waals surface area contributed by atoms with Gasteiger partial charge in [0.25, 0.3) is 5.91 Å². The average Bonchev–Trinajstić information content (AvgIpc) is 3.24. The molecular formula is C27H28F2N6O2. The van der Waals surface area contributed by atoms with Crippen molar-refractivity contribution in [2.75, 3.05) is 18.0 Å². The summed E-state index contributed by atoms with van der Waals surface area (Å²) in [5, 5.41) is 10.9. The third-order valence-corrected chi connectivity index (χ3v) is 6.72. The molecule has 10 heteroatoms. The van der Waals surface area contributed by atoms with Crippen molar-refractivity contribution in [3.8, 4) is 16.9 Å². The van der Waals surface area contributed by atoms with Gasteiger partial charge in [0.1, 0.15) is 35.2 Å². The molecule has 8 nitrogen and oxygen atoms in total. The van der Waals surface area contributed by atoms with E-state index in [0.717, 1.165) is 0 Å². The largest absolute Gasteiger partial charge is 0.381 e. The van der Waals surface area contributed by atoms with Gasteiger partial charge in [0.15, 0.2) is 5.65 Å². The maximum atomic E-state index is 15.0. The highest BCUT2D eigenvalue weighted by molar-refractivity contribution is 6.02. The van der Waals surface area contributed by atoms with Gasteiger partial charge in [-0.3, -0.25) is 9.36 Å². The number of nitrogens with zero attached hydrogens (tertiary/aromatic N) is 6. The number of benzene rings is 1. The van der Waals surface area contributed by atoms with Gasteiger partial charge in [-0.15, -0.1) is 0 Å². The summed E-state index contributed by atoms with van der Waals surface area (Å²) in [4.78, 5) is 30.0. The van der Waals surface area contributed by atoms with Crippen molar-refractivity contribution in [1.29, 1.82) is 0 Å². The summed E-state index contributed by atoms with van der Waals surface area (Å²) in [5.74, 6) is -0.323. The Labute approximate surface area is 213 Å². The zero-order valence-corrected chi connectivity index (χ0v) is 21.1. The maximum Gasteiger partial charge on any atom is 0.254 e. The zero-order valence-electron chi connectivity index (χ0n) is 21.1. The van der Waals surface area contributed by atoms with Crippen LogP contribution in [0.5, 0.6) is 0 Å². The van der Waals surface area contributed by atoms with Crippen LogP contribution in [0.15, 0.2) is 55.1 Å². The number of aliphatic hydroxyl groups is 1. The molecule has 3 aromatic heterocycles. The molecule has 1 N–H and O–H groups in total. The van der Waals surface area contributed by atoms with Crippen LogP contribution < -0.4 is 4.90 Å². The van der Waals surface area contributed by atoms with Crippen molar-refractivity contribution in [2.24, 2.45) is 0 Å². The molecule has 5 rings (SSSR count). The van der Waals surface area contributed by atoms with Gasteiger partial charge in [-0.2, -0.15) is 0 Å². The molecule has 37 heavy (non-hydrogen) atoms. The Morgan fingerprint density at radius 1 is 1.03 bits per heavy atom. The minimum atomic E-state index is -1.48. The number of piperazine rings is 1. The SMILES string of the molecule is C[C@@H]1CN(c2ncnc3c2c(-c2ccccc2F)cn3-c2cc(F)ccn2)[C@@H](C)CN1C(=O)C(C)(C)O. The minimum absolute atomic E-state index is 0.162. The number of pyridine rings is 1. The molecule has 4 heterocycles. The van der Waals surface area contributed by atoms with E-state index >= 15 is 4.39 Å². The lowest BCUT2D eigenvalue weighted by molar-refractivity contribution is -0.151. The highest BCUT2D eigenvalue weighted by Crippen LogP contribution is 2.39. The van der Waals surface area contributed by atoms with Crippen molar-refractivity contribution in [1.82, 2.24) is 24.4 Å². The van der Waals surface area contributed by atoms with E-state index in [1.807, 2.05) is 13.8 Å². The number of carbonyl (C=O) groups excluding carboxylic acids is 1. The lowest BCUT2D eigenvalue weighted by atomic mass is 10.0. The molecule has 192 valence electrons. The highest BCUT2D eigenvalue weighted by atomic mass is 19.1. The van der Waals surface area contributed by atoms with E-state index in [0.29, 0.717) is 46.9 Å². The average molecular weight is 507 g/mol. The summed E-state index contributed by atoms with van der Waals surface area (Å²) >= 11 is 0. The Bertz CT molecular complexity index is 1480. The molecular weight excluding hydrogens is 478 g/mol. The van der Waals surface area contributed by atoms with E-state index in [2.05, 4.69) is 19.9 Å². The molecule has 0 bridgehead atoms. The van der Waals surface area contributed by atoms with Crippen LogP contribution in [0, 0.1) is 11.6 Å². The molecule has 1 aliphatic heterocycles. The third-order valence-electron chi connectivity index (χ3n) is 6.72. The number of rotatable bonds is 4. The fourth-order valence-corrected chi connectivity index (χ4v) is 4.90. The van der Waals surface area contributed by atoms with Gasteiger partial charge in [0.05, 0.1) is 5.39 Å². The number of hydrogen-bond donors (Lipinski definition) is 1. The number of halogens is 2. The quantitative estimate of drug-likeness (QED) is 0.451. The molecule has 0 saturated carbocycles. The fourth-order valence-electron chi connectivity index (χ4n) is 4.90. The molecule has 1 fully saturated rings. The summed E-state index contributed by atoms with van der Waals surface area (Å²) in [7, 11) is 0. The number of hydrogen-bond acceptors (Lipinski definition) is 6. The molecule has 0 spiro atoms. The van der Waals surface area contributed by atoms with E-state index in [1.165, 1.54) is 44.6 Å². The van der Waals surface area contributed by atoms with Crippen LogP contribution in [0.2, 0.25) is 0 Å². The zero-order chi connectivity index (χ0) is 26.5. The summed E-state index contributed by atoms with van der Waals surface area (Å²) in [6.45, 7) is 7.67. The second-order valence-corrected chi connectivity index (χ2v) is 9.99. The number of carbonyl (C=O) groups is 1. The number of amides is 1. The third kappa shape index (κ3) is 4.42. The van der Waals surface area contributed by atoms with Crippen LogP contribution in [-0.4, -0.2) is 66.2 Å². The minimum Gasteiger partial charge on any atom is -0.381 e. The first kappa shape index (κ1) is 24.8. The molecule has 0 radical (unpaired) electrons. The number of anilines is 1. The van der Waals surface area contributed by atoms with Crippen LogP contribution in [0.4, 0.5) is 14.6 Å². The Morgan fingerprint density at radius 3 is 2.49 bits per heavy atom. The Hall–Kier alpha value is -3.92. The second kappa shape index (κ2) is 9.19. The van der Waals surface area contributed by atoms with Crippen molar-refractivity contribution < 1.29 is 18.7 Å². The van der Waals surface area contributed by atoms with Gasteiger partial charge in [-0.25, -0.2) is 23.7 Å². The molecule has 1 aliphatic rings. The number of fused-ring (bicyclic) bond motifs is 1. The van der Waals surface area contributed by atoms with Gasteiger partial charge < -0.3 is 14.9 Å². The second-order valence-electron chi connectivity index (χ2n) is 9.99. The molecule has 0 aliphatic carbocycles. The first-order valence-electron chi connectivity index (χ1n) is 12.1. The summed E-state index contributed by atoms with van der Waals surface area (Å²) < 4.78 is 30.8.